The first-order valence-corrected chi connectivity index (χ1v) is 13.4. The standard InChI is InChI=1S/C20H23FN2O2.C12H12O7/c1-23(2)11-3-10-20(25,17-5-7-18(21)8-6-17)19-9-4-15(13-22)12-16(19)14-24;1-6-2-4-7(5-3-6)8(13)12(19,11(17)18)9(14)10(15)16/h4-9,12,24-25H,3,10-11,14H2,1-2H3;2-5,9,14,19H,1H3,(H,15,16)(H,17,18)/t20-;9-,12+/m11/s1. The lowest BCUT2D eigenvalue weighted by Gasteiger charge is -2.32. The number of benzene rings is 3. The number of aliphatic hydroxyl groups excluding tert-OH is 2. The Morgan fingerprint density at radius 3 is 2.05 bits per heavy atom. The fourth-order valence-corrected chi connectivity index (χ4v) is 4.45. The third-order valence-corrected chi connectivity index (χ3v) is 6.93. The maximum Gasteiger partial charge on any atom is 0.347 e. The molecule has 3 rings (SSSR count). The minimum Gasteiger partial charge on any atom is -0.479 e. The molecule has 0 saturated heterocycles. The highest BCUT2D eigenvalue weighted by Crippen LogP contribution is 2.37. The summed E-state index contributed by atoms with van der Waals surface area (Å²) in [5.74, 6) is -5.91. The number of carbonyl (C=O) groups is 3. The van der Waals surface area contributed by atoms with Gasteiger partial charge in [0.1, 0.15) is 11.4 Å². The van der Waals surface area contributed by atoms with Crippen LogP contribution in [-0.4, -0.2) is 85.6 Å². The summed E-state index contributed by atoms with van der Waals surface area (Å²) in [6, 6.07) is 18.1. The van der Waals surface area contributed by atoms with E-state index < -0.39 is 35.0 Å². The van der Waals surface area contributed by atoms with Crippen molar-refractivity contribution in [2.75, 3.05) is 20.6 Å². The number of carboxylic acids is 2. The number of nitriles is 1. The van der Waals surface area contributed by atoms with E-state index in [-0.39, 0.29) is 18.0 Å². The second kappa shape index (κ2) is 15.3. The van der Waals surface area contributed by atoms with Gasteiger partial charge in [0.15, 0.2) is 6.10 Å². The van der Waals surface area contributed by atoms with Gasteiger partial charge in [-0.2, -0.15) is 5.26 Å². The summed E-state index contributed by atoms with van der Waals surface area (Å²) in [6.07, 6.45) is -1.64. The Kier molecular flexibility index (Phi) is 12.4. The van der Waals surface area contributed by atoms with Crippen LogP contribution in [0.4, 0.5) is 4.39 Å². The topological polar surface area (TPSA) is 200 Å². The van der Waals surface area contributed by atoms with E-state index in [1.165, 1.54) is 36.4 Å². The van der Waals surface area contributed by atoms with Gasteiger partial charge in [0, 0.05) is 5.56 Å². The first kappa shape index (κ1) is 35.7. The van der Waals surface area contributed by atoms with Crippen LogP contribution in [0.1, 0.15) is 51.0 Å². The van der Waals surface area contributed by atoms with Crippen LogP contribution >= 0.6 is 0 Å². The van der Waals surface area contributed by atoms with E-state index in [0.29, 0.717) is 35.1 Å². The molecule has 234 valence electrons. The van der Waals surface area contributed by atoms with Gasteiger partial charge in [0.05, 0.1) is 18.2 Å². The number of aliphatic hydroxyl groups is 4. The van der Waals surface area contributed by atoms with E-state index in [0.717, 1.165) is 12.1 Å². The van der Waals surface area contributed by atoms with E-state index in [4.69, 9.17) is 15.5 Å². The molecule has 3 aromatic carbocycles. The average Bonchev–Trinajstić information content (AvgIpc) is 3.00. The van der Waals surface area contributed by atoms with Crippen LogP contribution in [0.3, 0.4) is 0 Å². The van der Waals surface area contributed by atoms with Gasteiger partial charge in [-0.15, -0.1) is 0 Å². The molecule has 0 spiro atoms. The van der Waals surface area contributed by atoms with E-state index >= 15 is 0 Å². The van der Waals surface area contributed by atoms with Crippen molar-refractivity contribution in [1.82, 2.24) is 4.90 Å². The molecule has 0 radical (unpaired) electrons. The predicted octanol–water partition coefficient (Wildman–Crippen LogP) is 2.21. The molecule has 0 bridgehead atoms. The van der Waals surface area contributed by atoms with Gasteiger partial charge in [0.2, 0.25) is 5.78 Å². The number of rotatable bonds is 12. The number of carbonyl (C=O) groups excluding carboxylic acids is 1. The summed E-state index contributed by atoms with van der Waals surface area (Å²) in [5.41, 5.74) is -2.20. The molecule has 0 fully saturated rings. The Labute approximate surface area is 253 Å². The highest BCUT2D eigenvalue weighted by atomic mass is 19.1. The number of Topliss-reactive ketones (excluding diaryl/α,β-unsaturated/α-hetero) is 1. The Morgan fingerprint density at radius 2 is 1.57 bits per heavy atom. The van der Waals surface area contributed by atoms with Crippen molar-refractivity contribution in [3.63, 3.8) is 0 Å². The summed E-state index contributed by atoms with van der Waals surface area (Å²) in [6.45, 7) is 2.22. The minimum atomic E-state index is -3.43. The second-order valence-corrected chi connectivity index (χ2v) is 10.4. The fraction of sp³-hybridized carbons (Fsp3) is 0.312. The normalized spacial score (nSPS) is 14.3. The quantitative estimate of drug-likeness (QED) is 0.130. The van der Waals surface area contributed by atoms with Crippen molar-refractivity contribution in [2.45, 2.75) is 43.7 Å². The highest BCUT2D eigenvalue weighted by Gasteiger charge is 2.54. The highest BCUT2D eigenvalue weighted by molar-refractivity contribution is 6.17. The lowest BCUT2D eigenvalue weighted by Crippen LogP contribution is -2.58. The SMILES string of the molecule is CN(C)CCC[C@@](O)(c1ccc(F)cc1)c1ccc(C#N)cc1CO.Cc1ccc(C(=O)[C@@](O)(C(=O)O)[C@H](O)C(=O)O)cc1. The summed E-state index contributed by atoms with van der Waals surface area (Å²) >= 11 is 0. The molecule has 0 saturated carbocycles. The van der Waals surface area contributed by atoms with Crippen molar-refractivity contribution in [1.29, 1.82) is 5.26 Å². The molecule has 44 heavy (non-hydrogen) atoms. The molecular weight excluding hydrogens is 575 g/mol. The maximum absolute atomic E-state index is 13.3. The van der Waals surface area contributed by atoms with Crippen LogP contribution in [0.5, 0.6) is 0 Å². The molecule has 3 aromatic rings. The largest absolute Gasteiger partial charge is 0.479 e. The van der Waals surface area contributed by atoms with Crippen molar-refractivity contribution in [3.05, 3.63) is 106 Å². The zero-order chi connectivity index (χ0) is 33.2. The summed E-state index contributed by atoms with van der Waals surface area (Å²) in [4.78, 5) is 35.5. The van der Waals surface area contributed by atoms with Crippen molar-refractivity contribution in [2.24, 2.45) is 0 Å². The van der Waals surface area contributed by atoms with Crippen LogP contribution in [-0.2, 0) is 21.8 Å². The first-order valence-electron chi connectivity index (χ1n) is 13.4. The van der Waals surface area contributed by atoms with E-state index in [1.807, 2.05) is 25.1 Å². The number of carboxylic acid groups (broad SMARTS) is 2. The summed E-state index contributed by atoms with van der Waals surface area (Å²) < 4.78 is 13.3. The summed E-state index contributed by atoms with van der Waals surface area (Å²) in [5, 5.41) is 66.7. The molecule has 11 nitrogen and oxygen atoms in total. The van der Waals surface area contributed by atoms with E-state index in [1.54, 1.807) is 37.3 Å². The Balaban J connectivity index is 0.000000319. The van der Waals surface area contributed by atoms with Gasteiger partial charge in [-0.1, -0.05) is 48.0 Å². The molecule has 0 aliphatic rings. The molecule has 0 aliphatic carbocycles. The smallest absolute Gasteiger partial charge is 0.347 e. The number of aryl methyl sites for hydroxylation is 1. The molecular formula is C32H35FN2O9. The lowest BCUT2D eigenvalue weighted by molar-refractivity contribution is -0.175. The van der Waals surface area contributed by atoms with Gasteiger partial charge in [-0.25, -0.2) is 14.0 Å². The molecule has 12 heteroatoms. The molecule has 0 heterocycles. The third kappa shape index (κ3) is 8.31. The van der Waals surface area contributed by atoms with E-state index in [9.17, 15) is 39.2 Å². The third-order valence-electron chi connectivity index (χ3n) is 6.93. The summed E-state index contributed by atoms with van der Waals surface area (Å²) in [7, 11) is 3.91. The zero-order valence-electron chi connectivity index (χ0n) is 24.4. The first-order chi connectivity index (χ1) is 20.6. The predicted molar refractivity (Wildman–Crippen MR) is 156 cm³/mol. The van der Waals surface area contributed by atoms with Gasteiger partial charge < -0.3 is 35.5 Å². The molecule has 0 amide bonds. The van der Waals surface area contributed by atoms with Crippen molar-refractivity contribution in [3.8, 4) is 6.07 Å². The van der Waals surface area contributed by atoms with Gasteiger partial charge >= 0.3 is 11.9 Å². The van der Waals surface area contributed by atoms with Crippen LogP contribution in [0, 0.1) is 24.1 Å². The van der Waals surface area contributed by atoms with Crippen LogP contribution in [0.15, 0.2) is 66.7 Å². The van der Waals surface area contributed by atoms with Gasteiger partial charge in [-0.3, -0.25) is 4.79 Å². The molecule has 3 atom stereocenters. The molecule has 6 N–H and O–H groups in total. The molecule has 0 aliphatic heterocycles. The van der Waals surface area contributed by atoms with Gasteiger partial charge in [-0.05, 0) is 81.4 Å². The van der Waals surface area contributed by atoms with Crippen LogP contribution in [0.25, 0.3) is 0 Å². The van der Waals surface area contributed by atoms with Crippen molar-refractivity contribution < 1.29 is 49.4 Å². The van der Waals surface area contributed by atoms with Crippen LogP contribution in [0.2, 0.25) is 0 Å². The molecule has 0 aromatic heterocycles. The number of hydrogen-bond donors (Lipinski definition) is 6. The number of ketones is 1. The van der Waals surface area contributed by atoms with Crippen LogP contribution < -0.4 is 0 Å². The Morgan fingerprint density at radius 1 is 0.977 bits per heavy atom. The average molecular weight is 611 g/mol. The maximum atomic E-state index is 13.3. The second-order valence-electron chi connectivity index (χ2n) is 10.4. The number of nitrogens with zero attached hydrogens (tertiary/aromatic N) is 2. The fourth-order valence-electron chi connectivity index (χ4n) is 4.45. The minimum absolute atomic E-state index is 0.212. The lowest BCUT2D eigenvalue weighted by atomic mass is 9.80. The number of halogens is 1. The Bertz CT molecular complexity index is 1500. The zero-order valence-corrected chi connectivity index (χ0v) is 24.4. The van der Waals surface area contributed by atoms with E-state index in [2.05, 4.69) is 0 Å². The number of hydrogen-bond acceptors (Lipinski definition) is 9. The van der Waals surface area contributed by atoms with Gasteiger partial charge in [0.25, 0.3) is 5.60 Å². The molecule has 0 unspecified atom stereocenters. The number of aliphatic carboxylic acids is 2. The van der Waals surface area contributed by atoms with Crippen molar-refractivity contribution >= 4 is 17.7 Å². The Hall–Kier alpha value is -4.51. The monoisotopic (exact) mass is 610 g/mol.